The zero-order valence-electron chi connectivity index (χ0n) is 18.1. The number of para-hydroxylation sites is 1. The lowest BCUT2D eigenvalue weighted by atomic mass is 10.2. The summed E-state index contributed by atoms with van der Waals surface area (Å²) in [6, 6.07) is 11.6. The minimum atomic E-state index is -4.45. The second-order valence-electron chi connectivity index (χ2n) is 6.85. The molecule has 2 N–H and O–H groups in total. The van der Waals surface area contributed by atoms with Crippen LogP contribution in [0.5, 0.6) is 11.5 Å². The molecule has 0 amide bonds. The summed E-state index contributed by atoms with van der Waals surface area (Å²) in [5.41, 5.74) is 1.48. The van der Waals surface area contributed by atoms with Crippen LogP contribution in [0, 0.1) is 10.1 Å². The van der Waals surface area contributed by atoms with Gasteiger partial charge in [-0.15, -0.1) is 0 Å². The highest BCUT2D eigenvalue weighted by Crippen LogP contribution is 2.31. The summed E-state index contributed by atoms with van der Waals surface area (Å²) in [5.74, 6) is -1.01. The van der Waals surface area contributed by atoms with Crippen LogP contribution in [0.2, 0.25) is 5.02 Å². The van der Waals surface area contributed by atoms with Crippen LogP contribution in [-0.2, 0) is 10.0 Å². The quantitative estimate of drug-likeness (QED) is 0.133. The molecule has 0 saturated carbocycles. The van der Waals surface area contributed by atoms with Crippen LogP contribution in [0.3, 0.4) is 0 Å². The van der Waals surface area contributed by atoms with Gasteiger partial charge in [0.05, 0.1) is 27.5 Å². The maximum Gasteiger partial charge on any atom is 0.387 e. The molecular formula is C21H15ClF4N4O6S. The second kappa shape index (κ2) is 11.7. The number of alkyl halides is 4. The van der Waals surface area contributed by atoms with E-state index in [2.05, 4.69) is 24.7 Å². The van der Waals surface area contributed by atoms with E-state index in [1.807, 2.05) is 0 Å². The Morgan fingerprint density at radius 3 is 2.32 bits per heavy atom. The molecule has 0 aliphatic heterocycles. The minimum absolute atomic E-state index is 0.00465. The molecule has 0 aliphatic carbocycles. The first kappa shape index (κ1) is 27.5. The van der Waals surface area contributed by atoms with Crippen molar-refractivity contribution in [2.24, 2.45) is 5.10 Å². The molecule has 0 fully saturated rings. The van der Waals surface area contributed by atoms with E-state index in [1.54, 1.807) is 6.07 Å². The number of nitrogens with one attached hydrogen (secondary N) is 2. The van der Waals surface area contributed by atoms with E-state index in [0.29, 0.717) is 0 Å². The van der Waals surface area contributed by atoms with Gasteiger partial charge in [0.15, 0.2) is 0 Å². The van der Waals surface area contributed by atoms with Crippen molar-refractivity contribution < 1.29 is 40.4 Å². The van der Waals surface area contributed by atoms with E-state index < -0.39 is 50.3 Å². The third kappa shape index (κ3) is 7.44. The summed E-state index contributed by atoms with van der Waals surface area (Å²) in [7, 11) is -4.45. The van der Waals surface area contributed by atoms with Gasteiger partial charge in [-0.25, -0.2) is 8.42 Å². The number of nitro groups is 1. The van der Waals surface area contributed by atoms with Gasteiger partial charge in [0, 0.05) is 23.8 Å². The van der Waals surface area contributed by atoms with Crippen molar-refractivity contribution in [2.45, 2.75) is 18.1 Å². The molecular weight excluding hydrogens is 548 g/mol. The summed E-state index contributed by atoms with van der Waals surface area (Å²) >= 11 is 5.99. The van der Waals surface area contributed by atoms with Gasteiger partial charge in [0.25, 0.3) is 15.7 Å². The van der Waals surface area contributed by atoms with Crippen molar-refractivity contribution in [1.29, 1.82) is 0 Å². The number of halogens is 5. The van der Waals surface area contributed by atoms with Crippen LogP contribution in [0.25, 0.3) is 0 Å². The molecule has 0 unspecified atom stereocenters. The van der Waals surface area contributed by atoms with E-state index in [-0.39, 0.29) is 22.0 Å². The molecule has 0 heterocycles. The highest BCUT2D eigenvalue weighted by atomic mass is 35.5. The van der Waals surface area contributed by atoms with E-state index in [9.17, 15) is 36.1 Å². The lowest BCUT2D eigenvalue weighted by Gasteiger charge is -2.13. The molecule has 196 valence electrons. The zero-order valence-corrected chi connectivity index (χ0v) is 19.7. The number of ether oxygens (including phenoxy) is 2. The van der Waals surface area contributed by atoms with E-state index in [0.717, 1.165) is 42.6 Å². The molecule has 0 bridgehead atoms. The van der Waals surface area contributed by atoms with Gasteiger partial charge in [0.2, 0.25) is 0 Å². The Labute approximate surface area is 211 Å². The number of hydrogen-bond acceptors (Lipinski definition) is 8. The fourth-order valence-corrected chi connectivity index (χ4v) is 4.35. The van der Waals surface area contributed by atoms with E-state index in [1.165, 1.54) is 18.2 Å². The number of hydrogen-bond donors (Lipinski definition) is 2. The molecule has 0 saturated heterocycles. The predicted molar refractivity (Wildman–Crippen MR) is 126 cm³/mol. The number of benzene rings is 3. The number of nitrogens with zero attached hydrogens (tertiary/aromatic N) is 2. The Kier molecular flexibility index (Phi) is 8.73. The van der Waals surface area contributed by atoms with Crippen LogP contribution in [0.1, 0.15) is 5.56 Å². The average Bonchev–Trinajstić information content (AvgIpc) is 2.81. The molecule has 0 aliphatic rings. The van der Waals surface area contributed by atoms with Crippen molar-refractivity contribution in [1.82, 2.24) is 0 Å². The monoisotopic (exact) mass is 562 g/mol. The van der Waals surface area contributed by atoms with Gasteiger partial charge < -0.3 is 9.47 Å². The minimum Gasteiger partial charge on any atom is -0.435 e. The number of anilines is 2. The Morgan fingerprint density at radius 2 is 1.68 bits per heavy atom. The number of hydrazone groups is 1. The Bertz CT molecular complexity index is 1430. The highest BCUT2D eigenvalue weighted by Gasteiger charge is 2.23. The summed E-state index contributed by atoms with van der Waals surface area (Å²) in [6.07, 6.45) is 0.934. The van der Waals surface area contributed by atoms with Gasteiger partial charge in [-0.05, 0) is 30.3 Å². The third-order valence-corrected chi connectivity index (χ3v) is 6.13. The summed E-state index contributed by atoms with van der Waals surface area (Å²) in [6.45, 7) is -6.51. The Balaban J connectivity index is 1.94. The molecule has 3 rings (SSSR count). The number of rotatable bonds is 11. The molecule has 0 radical (unpaired) electrons. The molecule has 0 aromatic heterocycles. The summed E-state index contributed by atoms with van der Waals surface area (Å²) < 4.78 is 87.1. The standard InChI is InChI=1S/C21H15ClF4N4O6S/c22-15-3-1-2-4-16(15)29-37(33,34)19-9-13(30(31)32)6-8-17(19)28-27-11-12-5-7-14(35-20(23)24)10-18(12)36-21(25)26/h1-11,20-21,28-29H/b27-11+. The van der Waals surface area contributed by atoms with Crippen LogP contribution in [-0.4, -0.2) is 32.8 Å². The first-order valence-electron chi connectivity index (χ1n) is 9.85. The molecule has 0 spiro atoms. The van der Waals surface area contributed by atoms with Crippen LogP contribution < -0.4 is 19.6 Å². The van der Waals surface area contributed by atoms with Crippen molar-refractivity contribution in [3.63, 3.8) is 0 Å². The fourth-order valence-electron chi connectivity index (χ4n) is 2.85. The third-order valence-electron chi connectivity index (χ3n) is 4.40. The van der Waals surface area contributed by atoms with Crippen LogP contribution in [0.4, 0.5) is 34.6 Å². The number of sulfonamides is 1. The van der Waals surface area contributed by atoms with Gasteiger partial charge in [-0.1, -0.05) is 23.7 Å². The first-order valence-corrected chi connectivity index (χ1v) is 11.7. The first-order chi connectivity index (χ1) is 17.5. The molecule has 10 nitrogen and oxygen atoms in total. The van der Waals surface area contributed by atoms with Crippen molar-refractivity contribution >= 4 is 44.9 Å². The maximum atomic E-state index is 13.0. The Morgan fingerprint density at radius 1 is 0.973 bits per heavy atom. The molecule has 3 aromatic rings. The summed E-state index contributed by atoms with van der Waals surface area (Å²) in [4.78, 5) is 9.82. The number of non-ortho nitro benzene ring substituents is 1. The highest BCUT2D eigenvalue weighted by molar-refractivity contribution is 7.93. The number of nitro benzene ring substituents is 1. The van der Waals surface area contributed by atoms with E-state index >= 15 is 0 Å². The smallest absolute Gasteiger partial charge is 0.387 e. The Hall–Kier alpha value is -4.11. The van der Waals surface area contributed by atoms with Crippen molar-refractivity contribution in [2.75, 3.05) is 10.1 Å². The summed E-state index contributed by atoms with van der Waals surface area (Å²) in [5, 5.41) is 15.0. The normalized spacial score (nSPS) is 11.6. The van der Waals surface area contributed by atoms with E-state index in [4.69, 9.17) is 11.6 Å². The predicted octanol–water partition coefficient (Wildman–Crippen LogP) is 5.70. The van der Waals surface area contributed by atoms with Crippen molar-refractivity contribution in [3.05, 3.63) is 81.4 Å². The fraction of sp³-hybridized carbons (Fsp3) is 0.0952. The van der Waals surface area contributed by atoms with Crippen molar-refractivity contribution in [3.8, 4) is 11.5 Å². The van der Waals surface area contributed by atoms with Crippen LogP contribution >= 0.6 is 11.6 Å². The lowest BCUT2D eigenvalue weighted by molar-refractivity contribution is -0.385. The molecule has 3 aromatic carbocycles. The lowest BCUT2D eigenvalue weighted by Crippen LogP contribution is -2.15. The topological polar surface area (TPSA) is 132 Å². The van der Waals surface area contributed by atoms with Gasteiger partial charge in [-0.3, -0.25) is 20.3 Å². The largest absolute Gasteiger partial charge is 0.435 e. The molecule has 37 heavy (non-hydrogen) atoms. The zero-order chi connectivity index (χ0) is 27.2. The van der Waals surface area contributed by atoms with Gasteiger partial charge >= 0.3 is 13.2 Å². The molecule has 16 heteroatoms. The van der Waals surface area contributed by atoms with Gasteiger partial charge in [-0.2, -0.15) is 22.7 Å². The average molecular weight is 563 g/mol. The SMILES string of the molecule is O=[N+]([O-])c1ccc(N/N=C/c2ccc(OC(F)F)cc2OC(F)F)c(S(=O)(=O)Nc2ccccc2Cl)c1. The second-order valence-corrected chi connectivity index (χ2v) is 8.91. The van der Waals surface area contributed by atoms with Crippen LogP contribution in [0.15, 0.2) is 70.7 Å². The van der Waals surface area contributed by atoms with Gasteiger partial charge in [0.1, 0.15) is 16.4 Å². The maximum absolute atomic E-state index is 13.0. The molecule has 0 atom stereocenters.